The van der Waals surface area contributed by atoms with Gasteiger partial charge in [-0.25, -0.2) is 0 Å². The van der Waals surface area contributed by atoms with Gasteiger partial charge in [-0.2, -0.15) is 13.2 Å². The highest BCUT2D eigenvalue weighted by Crippen LogP contribution is 2.42. The topological polar surface area (TPSA) is 46.3 Å². The van der Waals surface area contributed by atoms with E-state index in [-0.39, 0.29) is 12.2 Å². The molecule has 98 valence electrons. The molecular weight excluding hydrogens is 245 g/mol. The number of para-hydroxylation sites is 1. The summed E-state index contributed by atoms with van der Waals surface area (Å²) in [5.41, 5.74) is 5.31. The van der Waals surface area contributed by atoms with Crippen molar-refractivity contribution < 1.29 is 18.0 Å². The molecule has 0 saturated heterocycles. The lowest BCUT2D eigenvalue weighted by molar-refractivity contribution is -0.137. The molecule has 1 aromatic carbocycles. The summed E-state index contributed by atoms with van der Waals surface area (Å²) >= 11 is 0. The lowest BCUT2D eigenvalue weighted by Crippen LogP contribution is -2.38. The van der Waals surface area contributed by atoms with Gasteiger partial charge in [-0.05, 0) is 18.1 Å². The van der Waals surface area contributed by atoms with Gasteiger partial charge in [-0.3, -0.25) is 4.79 Å². The first-order valence-corrected chi connectivity index (χ1v) is 5.56. The number of nitrogens with two attached hydrogens (primary N) is 1. The number of amides is 1. The number of anilines is 1. The summed E-state index contributed by atoms with van der Waals surface area (Å²) < 4.78 is 38.9. The number of alkyl halides is 3. The van der Waals surface area contributed by atoms with Crippen molar-refractivity contribution in [1.29, 1.82) is 0 Å². The van der Waals surface area contributed by atoms with Crippen LogP contribution in [-0.2, 0) is 11.0 Å². The number of fused-ring (bicyclic) bond motifs is 1. The Morgan fingerprint density at radius 2 is 2.11 bits per heavy atom. The Bertz CT molecular complexity index is 485. The number of halogens is 3. The van der Waals surface area contributed by atoms with Gasteiger partial charge in [0.1, 0.15) is 0 Å². The zero-order valence-corrected chi connectivity index (χ0v) is 9.79. The molecule has 0 aromatic heterocycles. The van der Waals surface area contributed by atoms with E-state index in [0.29, 0.717) is 12.0 Å². The molecule has 3 nitrogen and oxygen atoms in total. The van der Waals surface area contributed by atoms with Gasteiger partial charge in [-0.15, -0.1) is 0 Å². The molecule has 1 heterocycles. The van der Waals surface area contributed by atoms with Crippen LogP contribution in [0.4, 0.5) is 18.9 Å². The Hall–Kier alpha value is -1.56. The van der Waals surface area contributed by atoms with Gasteiger partial charge in [0.05, 0.1) is 11.3 Å². The van der Waals surface area contributed by atoms with Crippen LogP contribution in [-0.4, -0.2) is 12.5 Å². The third-order valence-electron chi connectivity index (χ3n) is 3.09. The van der Waals surface area contributed by atoms with Crippen LogP contribution in [0.2, 0.25) is 0 Å². The number of carbonyl (C=O) groups is 1. The first-order chi connectivity index (χ1) is 8.32. The van der Waals surface area contributed by atoms with E-state index >= 15 is 0 Å². The maximum Gasteiger partial charge on any atom is 0.418 e. The van der Waals surface area contributed by atoms with Gasteiger partial charge in [0.2, 0.25) is 5.91 Å². The number of hydrogen-bond donors (Lipinski definition) is 1. The van der Waals surface area contributed by atoms with Gasteiger partial charge in [0.15, 0.2) is 0 Å². The smallest absolute Gasteiger partial charge is 0.324 e. The Morgan fingerprint density at radius 1 is 1.44 bits per heavy atom. The fraction of sp³-hybridized carbons (Fsp3) is 0.417. The fourth-order valence-electron chi connectivity index (χ4n) is 2.24. The Morgan fingerprint density at radius 3 is 2.67 bits per heavy atom. The molecule has 0 aliphatic carbocycles. The molecule has 1 aliphatic heterocycles. The highest BCUT2D eigenvalue weighted by molar-refractivity contribution is 5.94. The predicted octanol–water partition coefficient (Wildman–Crippen LogP) is 2.46. The minimum Gasteiger partial charge on any atom is -0.324 e. The molecule has 1 unspecified atom stereocenters. The van der Waals surface area contributed by atoms with Gasteiger partial charge in [0.25, 0.3) is 0 Å². The van der Waals surface area contributed by atoms with Crippen LogP contribution in [0.1, 0.15) is 30.5 Å². The number of rotatable bonds is 0. The average Bonchev–Trinajstić information content (AvgIpc) is 2.27. The van der Waals surface area contributed by atoms with E-state index in [4.69, 9.17) is 5.73 Å². The molecule has 2 rings (SSSR count). The van der Waals surface area contributed by atoms with Crippen LogP contribution in [0.15, 0.2) is 18.2 Å². The zero-order chi connectivity index (χ0) is 13.5. The molecule has 18 heavy (non-hydrogen) atoms. The summed E-state index contributed by atoms with van der Waals surface area (Å²) in [7, 11) is 0. The number of benzene rings is 1. The van der Waals surface area contributed by atoms with Crippen LogP contribution in [0.3, 0.4) is 0 Å². The molecule has 2 N–H and O–H groups in total. The van der Waals surface area contributed by atoms with Crippen LogP contribution in [0.5, 0.6) is 0 Å². The Kier molecular flexibility index (Phi) is 3.06. The van der Waals surface area contributed by atoms with Crippen molar-refractivity contribution in [2.45, 2.75) is 25.6 Å². The molecule has 1 aliphatic rings. The van der Waals surface area contributed by atoms with Crippen LogP contribution >= 0.6 is 0 Å². The Balaban J connectivity index is 2.66. The summed E-state index contributed by atoms with van der Waals surface area (Å²) in [5.74, 6) is -0.403. The highest BCUT2D eigenvalue weighted by atomic mass is 19.4. The van der Waals surface area contributed by atoms with E-state index in [0.717, 1.165) is 11.0 Å². The molecule has 0 saturated carbocycles. The van der Waals surface area contributed by atoms with E-state index < -0.39 is 23.7 Å². The zero-order valence-electron chi connectivity index (χ0n) is 9.79. The average molecular weight is 258 g/mol. The molecule has 0 spiro atoms. The second-order valence-corrected chi connectivity index (χ2v) is 4.31. The summed E-state index contributed by atoms with van der Waals surface area (Å²) in [6.07, 6.45) is -4.02. The fourth-order valence-corrected chi connectivity index (χ4v) is 2.24. The van der Waals surface area contributed by atoms with Crippen molar-refractivity contribution in [1.82, 2.24) is 0 Å². The lowest BCUT2D eigenvalue weighted by atomic mass is 9.93. The van der Waals surface area contributed by atoms with Gasteiger partial charge in [0, 0.05) is 19.5 Å². The van der Waals surface area contributed by atoms with Crippen molar-refractivity contribution in [3.8, 4) is 0 Å². The van der Waals surface area contributed by atoms with Crippen LogP contribution in [0, 0.1) is 0 Å². The first-order valence-electron chi connectivity index (χ1n) is 5.56. The normalized spacial score (nSPS) is 19.6. The first kappa shape index (κ1) is 12.9. The van der Waals surface area contributed by atoms with Gasteiger partial charge < -0.3 is 10.6 Å². The van der Waals surface area contributed by atoms with E-state index in [2.05, 4.69) is 0 Å². The monoisotopic (exact) mass is 258 g/mol. The van der Waals surface area contributed by atoms with E-state index in [1.165, 1.54) is 13.0 Å². The maximum atomic E-state index is 13.0. The van der Waals surface area contributed by atoms with Crippen LogP contribution in [0.25, 0.3) is 0 Å². The number of nitrogens with zero attached hydrogens (tertiary/aromatic N) is 1. The van der Waals surface area contributed by atoms with Crippen molar-refractivity contribution in [2.75, 3.05) is 11.4 Å². The highest BCUT2D eigenvalue weighted by Gasteiger charge is 2.39. The molecule has 0 radical (unpaired) electrons. The summed E-state index contributed by atoms with van der Waals surface area (Å²) in [6.45, 7) is 1.48. The van der Waals surface area contributed by atoms with Crippen molar-refractivity contribution in [3.63, 3.8) is 0 Å². The van der Waals surface area contributed by atoms with Crippen molar-refractivity contribution >= 4 is 11.6 Å². The number of carbonyl (C=O) groups excluding carboxylic acids is 1. The molecule has 0 bridgehead atoms. The molecule has 0 fully saturated rings. The minimum absolute atomic E-state index is 0.0868. The summed E-state index contributed by atoms with van der Waals surface area (Å²) in [6, 6.07) is 3.39. The maximum absolute atomic E-state index is 13.0. The predicted molar refractivity (Wildman–Crippen MR) is 61.0 cm³/mol. The van der Waals surface area contributed by atoms with Gasteiger partial charge >= 0.3 is 6.18 Å². The molecular formula is C12H13F3N2O. The molecule has 1 aromatic rings. The summed E-state index contributed by atoms with van der Waals surface area (Å²) in [4.78, 5) is 12.6. The third-order valence-corrected chi connectivity index (χ3v) is 3.09. The van der Waals surface area contributed by atoms with E-state index in [1.807, 2.05) is 0 Å². The number of hydrogen-bond acceptors (Lipinski definition) is 2. The standard InChI is InChI=1S/C12H13F3N2O/c1-7(18)17-6-5-10(16)8-3-2-4-9(11(8)17)12(13,14)15/h2-4,10H,5-6,16H2,1H3. The largest absolute Gasteiger partial charge is 0.418 e. The van der Waals surface area contributed by atoms with E-state index in [9.17, 15) is 18.0 Å². The van der Waals surface area contributed by atoms with Gasteiger partial charge in [-0.1, -0.05) is 12.1 Å². The molecule has 1 atom stereocenters. The minimum atomic E-state index is -4.49. The summed E-state index contributed by atoms with van der Waals surface area (Å²) in [5, 5.41) is 0. The second kappa shape index (κ2) is 4.28. The third kappa shape index (κ3) is 2.08. The second-order valence-electron chi connectivity index (χ2n) is 4.31. The molecule has 6 heteroatoms. The molecule has 1 amide bonds. The quantitative estimate of drug-likeness (QED) is 0.777. The van der Waals surface area contributed by atoms with E-state index in [1.54, 1.807) is 6.07 Å². The van der Waals surface area contributed by atoms with Crippen molar-refractivity contribution in [3.05, 3.63) is 29.3 Å². The van der Waals surface area contributed by atoms with Crippen molar-refractivity contribution in [2.24, 2.45) is 5.73 Å². The Labute approximate surface area is 102 Å². The SMILES string of the molecule is CC(=O)N1CCC(N)c2cccc(C(F)(F)F)c21. The lowest BCUT2D eigenvalue weighted by Gasteiger charge is -2.34. The van der Waals surface area contributed by atoms with Crippen LogP contribution < -0.4 is 10.6 Å².